The highest BCUT2D eigenvalue weighted by Crippen LogP contribution is 2.25. The maximum Gasteiger partial charge on any atom is 0.246 e. The maximum atomic E-state index is 13.8. The van der Waals surface area contributed by atoms with Gasteiger partial charge >= 0.3 is 0 Å². The minimum atomic E-state index is -1.46. The molecule has 0 aromatic rings. The Morgan fingerprint density at radius 3 is 0.921 bits per heavy atom. The maximum absolute atomic E-state index is 13.8. The largest absolute Gasteiger partial charge is 0.394 e. The third-order valence-electron chi connectivity index (χ3n) is 15.2. The number of aliphatic hydroxyl groups excluding tert-OH is 9. The van der Waals surface area contributed by atoms with E-state index in [0.717, 1.165) is 0 Å². The van der Waals surface area contributed by atoms with Crippen LogP contribution in [0.2, 0.25) is 0 Å². The summed E-state index contributed by atoms with van der Waals surface area (Å²) in [5.41, 5.74) is 0. The lowest BCUT2D eigenvalue weighted by molar-refractivity contribution is -0.272. The second kappa shape index (κ2) is 53.6. The number of unbranched alkanes of at least 4 members (excludes halogenated alkanes) is 2. The Labute approximate surface area is 585 Å². The fourth-order valence-electron chi connectivity index (χ4n) is 10.0. The van der Waals surface area contributed by atoms with Gasteiger partial charge in [-0.15, -0.1) is 0 Å². The third-order valence-corrected chi connectivity index (χ3v) is 15.2. The van der Waals surface area contributed by atoms with Gasteiger partial charge in [-0.05, 0) is 38.5 Å². The van der Waals surface area contributed by atoms with Gasteiger partial charge in [0.05, 0.1) is 139 Å². The van der Waals surface area contributed by atoms with Crippen molar-refractivity contribution in [3.63, 3.8) is 0 Å². The topological polar surface area (TPSA) is 553 Å². The Hall–Kier alpha value is -5.20. The van der Waals surface area contributed by atoms with Crippen LogP contribution in [0.3, 0.4) is 0 Å². The molecule has 8 amide bonds. The Kier molecular flexibility index (Phi) is 47.7. The van der Waals surface area contributed by atoms with Crippen LogP contribution in [-0.4, -0.2) is 376 Å². The molecule has 0 radical (unpaired) electrons. The molecule has 586 valence electrons. The quantitative estimate of drug-likeness (QED) is 0.0252. The van der Waals surface area contributed by atoms with Crippen LogP contribution in [0.5, 0.6) is 0 Å². The Morgan fingerprint density at radius 1 is 0.356 bits per heavy atom. The number of nitrogens with one attached hydrogen (secondary N) is 8. The minimum Gasteiger partial charge on any atom is -0.394 e. The molecule has 3 heterocycles. The molecule has 17 atom stereocenters. The number of carbonyl (C=O) groups excluding carboxylic acids is 8. The molecule has 0 saturated carbocycles. The van der Waals surface area contributed by atoms with Crippen molar-refractivity contribution in [2.24, 2.45) is 0 Å². The first-order chi connectivity index (χ1) is 48.6. The van der Waals surface area contributed by atoms with Crippen LogP contribution in [0.1, 0.15) is 59.3 Å². The van der Waals surface area contributed by atoms with E-state index in [2.05, 4.69) is 42.5 Å². The van der Waals surface area contributed by atoms with Gasteiger partial charge < -0.3 is 160 Å². The molecular formula is C61H110N8O32. The molecule has 17 N–H and O–H groups in total. The number of aliphatic hydroxyl groups is 9. The van der Waals surface area contributed by atoms with Crippen molar-refractivity contribution in [3.05, 3.63) is 0 Å². The number of carbonyl (C=O) groups is 8. The summed E-state index contributed by atoms with van der Waals surface area (Å²) in [6, 6.07) is -5.42. The third kappa shape index (κ3) is 36.9. The molecule has 3 aliphatic heterocycles. The fraction of sp³-hybridized carbons (Fsp3) is 0.869. The fourth-order valence-corrected chi connectivity index (χ4v) is 10.0. The average Bonchev–Trinajstić information content (AvgIpc) is 0.824. The zero-order chi connectivity index (χ0) is 74.3. The van der Waals surface area contributed by atoms with E-state index in [-0.39, 0.29) is 158 Å². The van der Waals surface area contributed by atoms with E-state index in [4.69, 9.17) is 71.1 Å². The van der Waals surface area contributed by atoms with Gasteiger partial charge in [0, 0.05) is 40.9 Å². The Morgan fingerprint density at radius 2 is 0.634 bits per heavy atom. The number of likely N-dealkylation sites (N-methyl/N-ethyl adjacent to an activating group) is 1. The van der Waals surface area contributed by atoms with Crippen molar-refractivity contribution in [3.8, 4) is 0 Å². The van der Waals surface area contributed by atoms with Gasteiger partial charge in [-0.1, -0.05) is 0 Å². The second-order valence-electron chi connectivity index (χ2n) is 23.2. The van der Waals surface area contributed by atoms with E-state index in [0.29, 0.717) is 25.7 Å². The van der Waals surface area contributed by atoms with Crippen LogP contribution in [0, 0.1) is 0 Å². The molecule has 101 heavy (non-hydrogen) atoms. The van der Waals surface area contributed by atoms with Crippen LogP contribution < -0.4 is 42.5 Å². The summed E-state index contributed by atoms with van der Waals surface area (Å²) in [5.74, 6) is -4.09. The molecule has 0 bridgehead atoms. The van der Waals surface area contributed by atoms with Crippen molar-refractivity contribution >= 4 is 47.3 Å². The van der Waals surface area contributed by atoms with E-state index in [9.17, 15) is 84.3 Å². The Balaban J connectivity index is 1.36. The predicted molar refractivity (Wildman–Crippen MR) is 343 cm³/mol. The van der Waals surface area contributed by atoms with E-state index in [1.165, 1.54) is 27.8 Å². The number of ether oxygens (including phenoxy) is 15. The first-order valence-electron chi connectivity index (χ1n) is 33.6. The molecular weight excluding hydrogens is 1360 g/mol. The van der Waals surface area contributed by atoms with Crippen LogP contribution in [0.15, 0.2) is 0 Å². The monoisotopic (exact) mass is 1470 g/mol. The molecule has 3 rings (SSSR count). The van der Waals surface area contributed by atoms with Crippen LogP contribution >= 0.6 is 0 Å². The highest BCUT2D eigenvalue weighted by Gasteiger charge is 2.48. The van der Waals surface area contributed by atoms with E-state index < -0.39 is 178 Å². The summed E-state index contributed by atoms with van der Waals surface area (Å²) in [4.78, 5) is 99.9. The summed E-state index contributed by atoms with van der Waals surface area (Å²) in [7, 11) is 1.40. The molecule has 3 fully saturated rings. The van der Waals surface area contributed by atoms with Crippen molar-refractivity contribution in [2.75, 3.05) is 179 Å². The van der Waals surface area contributed by atoms with Gasteiger partial charge in [0.15, 0.2) is 18.9 Å². The molecule has 3 saturated heterocycles. The Bertz CT molecular complexity index is 2330. The van der Waals surface area contributed by atoms with Gasteiger partial charge in [-0.3, -0.25) is 38.4 Å². The number of rotatable bonds is 56. The van der Waals surface area contributed by atoms with E-state index >= 15 is 0 Å². The van der Waals surface area contributed by atoms with Crippen LogP contribution in [0.25, 0.3) is 0 Å². The molecule has 0 aromatic carbocycles. The van der Waals surface area contributed by atoms with Crippen LogP contribution in [-0.2, 0) is 109 Å². The predicted octanol–water partition coefficient (Wildman–Crippen LogP) is -9.69. The number of amides is 8. The lowest BCUT2D eigenvalue weighted by atomic mass is 9.97. The highest BCUT2D eigenvalue weighted by molar-refractivity contribution is 5.92. The van der Waals surface area contributed by atoms with Crippen LogP contribution in [0.4, 0.5) is 0 Å². The lowest BCUT2D eigenvalue weighted by Gasteiger charge is -2.42. The van der Waals surface area contributed by atoms with Crippen molar-refractivity contribution in [1.29, 1.82) is 0 Å². The summed E-state index contributed by atoms with van der Waals surface area (Å²) < 4.78 is 82.5. The van der Waals surface area contributed by atoms with Gasteiger partial charge in [0.25, 0.3) is 0 Å². The molecule has 40 heteroatoms. The average molecular weight is 1470 g/mol. The molecule has 0 spiro atoms. The lowest BCUT2D eigenvalue weighted by Crippen LogP contribution is -2.64. The molecule has 40 nitrogen and oxygen atoms in total. The van der Waals surface area contributed by atoms with Crippen molar-refractivity contribution in [2.45, 2.75) is 163 Å². The molecule has 0 aliphatic carbocycles. The summed E-state index contributed by atoms with van der Waals surface area (Å²) in [6.07, 6.45) is -13.8. The summed E-state index contributed by atoms with van der Waals surface area (Å²) in [6.45, 7) is 2.99. The van der Waals surface area contributed by atoms with E-state index in [1.807, 2.05) is 0 Å². The molecule has 3 aliphatic rings. The van der Waals surface area contributed by atoms with Gasteiger partial charge in [-0.25, -0.2) is 0 Å². The summed E-state index contributed by atoms with van der Waals surface area (Å²) in [5, 5.41) is 111. The number of hydrogen-bond acceptors (Lipinski definition) is 32. The molecule has 17 unspecified atom stereocenters. The molecule has 0 aromatic heterocycles. The summed E-state index contributed by atoms with van der Waals surface area (Å²) >= 11 is 0. The minimum absolute atomic E-state index is 0.00764. The SMILES string of the molecule is CNC(=O)C(CCCCNC(=O)COCCOCCOCCOC1OC(CO)C(O)C(O)C1NC(C)=O)NC(=O)C(CCCCNC(=O)COCCOCCOCCOC1OC(CO)C(O)C(O)C1NC(C)=O)NC(=O)COCCOCCOCCOC1OC(CO)C(O)C(O)C1NC(C)=O. The standard InChI is InChI=1S/C61H110N8O32/c1-37(73)65-48-54(82)51(79)42(31-70)99-59(48)96-28-25-90-16-13-87-19-22-93-34-45(76)63-11-7-5-9-40(57(85)62-4)69-58(86)41(68-47(78)36-95-24-21-89-15-18-92-27-30-98-61-50(67-39(3)75)56(84)53(81)44(33-72)101-61)10-6-8-12-64-46(77)35-94-23-20-88-14-17-91-26-29-97-60-49(66-38(2)74)55(83)52(80)43(32-71)100-60/h40-44,48-56,59-61,70-72,79-84H,5-36H2,1-4H3,(H,62,85)(H,63,76)(H,64,77)(H,65,73)(H,66,74)(H,67,75)(H,68,78)(H,69,86). The van der Waals surface area contributed by atoms with Crippen molar-refractivity contribution < 1.29 is 155 Å². The highest BCUT2D eigenvalue weighted by atomic mass is 16.7. The number of hydrogen-bond donors (Lipinski definition) is 17. The zero-order valence-electron chi connectivity index (χ0n) is 57.9. The second-order valence-corrected chi connectivity index (χ2v) is 23.2. The first kappa shape index (κ1) is 90.0. The zero-order valence-corrected chi connectivity index (χ0v) is 57.9. The smallest absolute Gasteiger partial charge is 0.246 e. The van der Waals surface area contributed by atoms with E-state index in [1.54, 1.807) is 0 Å². The van der Waals surface area contributed by atoms with Gasteiger partial charge in [-0.2, -0.15) is 0 Å². The van der Waals surface area contributed by atoms with Crippen molar-refractivity contribution in [1.82, 2.24) is 42.5 Å². The normalized spacial score (nSPS) is 25.7. The van der Waals surface area contributed by atoms with Gasteiger partial charge in [0.2, 0.25) is 47.3 Å². The van der Waals surface area contributed by atoms with Gasteiger partial charge in [0.1, 0.15) is 105 Å². The first-order valence-corrected chi connectivity index (χ1v) is 33.6.